The molecule has 0 aliphatic rings. The van der Waals surface area contributed by atoms with Gasteiger partial charge in [-0.05, 0) is 25.1 Å². The fraction of sp³-hybridized carbons (Fsp3) is 0.231. The SMILES string of the molecule is CCn1cc(C(=O)c2ccc(Cl)cc2OC)cn1. The van der Waals surface area contributed by atoms with E-state index in [0.29, 0.717) is 21.9 Å². The van der Waals surface area contributed by atoms with Crippen LogP contribution in [0.1, 0.15) is 22.8 Å². The van der Waals surface area contributed by atoms with Crippen LogP contribution in [0.4, 0.5) is 0 Å². The molecule has 2 aromatic rings. The first-order valence-corrected chi connectivity index (χ1v) is 5.94. The number of carbonyl (C=O) groups is 1. The lowest BCUT2D eigenvalue weighted by Crippen LogP contribution is -2.03. The Morgan fingerprint density at radius 2 is 2.28 bits per heavy atom. The number of aromatic nitrogens is 2. The molecule has 1 aromatic heterocycles. The number of halogens is 1. The predicted octanol–water partition coefficient (Wildman–Crippen LogP) is 2.80. The second kappa shape index (κ2) is 5.23. The first kappa shape index (κ1) is 12.6. The normalized spacial score (nSPS) is 10.4. The molecule has 94 valence electrons. The quantitative estimate of drug-likeness (QED) is 0.798. The summed E-state index contributed by atoms with van der Waals surface area (Å²) in [4.78, 5) is 12.3. The minimum atomic E-state index is -0.122. The van der Waals surface area contributed by atoms with Crippen molar-refractivity contribution in [3.8, 4) is 5.75 Å². The highest BCUT2D eigenvalue weighted by Crippen LogP contribution is 2.25. The highest BCUT2D eigenvalue weighted by molar-refractivity contribution is 6.31. The Bertz CT molecular complexity index is 578. The van der Waals surface area contributed by atoms with E-state index in [1.807, 2.05) is 6.92 Å². The monoisotopic (exact) mass is 264 g/mol. The van der Waals surface area contributed by atoms with Crippen LogP contribution in [-0.2, 0) is 6.54 Å². The van der Waals surface area contributed by atoms with Gasteiger partial charge in [0.2, 0.25) is 0 Å². The number of ketones is 1. The lowest BCUT2D eigenvalue weighted by Gasteiger charge is -2.06. The summed E-state index contributed by atoms with van der Waals surface area (Å²) in [7, 11) is 1.51. The van der Waals surface area contributed by atoms with Gasteiger partial charge in [-0.25, -0.2) is 0 Å². The van der Waals surface area contributed by atoms with Gasteiger partial charge in [0, 0.05) is 17.8 Å². The molecule has 0 spiro atoms. The molecule has 0 fully saturated rings. The number of methoxy groups -OCH3 is 1. The molecule has 0 aliphatic carbocycles. The average molecular weight is 265 g/mol. The summed E-state index contributed by atoms with van der Waals surface area (Å²) in [6.07, 6.45) is 3.27. The Labute approximate surface area is 110 Å². The zero-order chi connectivity index (χ0) is 13.1. The molecule has 4 nitrogen and oxygen atoms in total. The van der Waals surface area contributed by atoms with Crippen LogP contribution in [0.2, 0.25) is 5.02 Å². The third-order valence-electron chi connectivity index (χ3n) is 2.63. The number of hydrogen-bond donors (Lipinski definition) is 0. The number of benzene rings is 1. The van der Waals surface area contributed by atoms with Gasteiger partial charge in [0.15, 0.2) is 5.78 Å². The van der Waals surface area contributed by atoms with Crippen molar-refractivity contribution >= 4 is 17.4 Å². The molecule has 18 heavy (non-hydrogen) atoms. The standard InChI is InChI=1S/C13H13ClN2O2/c1-3-16-8-9(7-15-16)13(17)11-5-4-10(14)6-12(11)18-2/h4-8H,3H2,1-2H3. The van der Waals surface area contributed by atoms with Crippen molar-refractivity contribution in [3.63, 3.8) is 0 Å². The van der Waals surface area contributed by atoms with Gasteiger partial charge >= 0.3 is 0 Å². The molecule has 0 amide bonds. The number of carbonyl (C=O) groups excluding carboxylic acids is 1. The van der Waals surface area contributed by atoms with E-state index in [4.69, 9.17) is 16.3 Å². The van der Waals surface area contributed by atoms with Gasteiger partial charge in [-0.15, -0.1) is 0 Å². The van der Waals surface area contributed by atoms with Gasteiger partial charge in [-0.1, -0.05) is 11.6 Å². The zero-order valence-corrected chi connectivity index (χ0v) is 10.9. The smallest absolute Gasteiger partial charge is 0.199 e. The van der Waals surface area contributed by atoms with Gasteiger partial charge < -0.3 is 4.74 Å². The van der Waals surface area contributed by atoms with E-state index in [-0.39, 0.29) is 5.78 Å². The van der Waals surface area contributed by atoms with E-state index in [1.54, 1.807) is 35.3 Å². The predicted molar refractivity (Wildman–Crippen MR) is 69.3 cm³/mol. The Hall–Kier alpha value is -1.81. The van der Waals surface area contributed by atoms with Crippen LogP contribution >= 0.6 is 11.6 Å². The van der Waals surface area contributed by atoms with E-state index in [1.165, 1.54) is 7.11 Å². The van der Waals surface area contributed by atoms with Gasteiger partial charge in [0.05, 0.1) is 24.4 Å². The van der Waals surface area contributed by atoms with Crippen molar-refractivity contribution in [1.29, 1.82) is 0 Å². The molecule has 0 unspecified atom stereocenters. The van der Waals surface area contributed by atoms with Gasteiger partial charge in [0.1, 0.15) is 5.75 Å². The maximum atomic E-state index is 12.3. The van der Waals surface area contributed by atoms with Crippen LogP contribution in [0, 0.1) is 0 Å². The van der Waals surface area contributed by atoms with E-state index in [9.17, 15) is 4.79 Å². The highest BCUT2D eigenvalue weighted by Gasteiger charge is 2.16. The molecule has 0 N–H and O–H groups in total. The van der Waals surface area contributed by atoms with Crippen LogP contribution < -0.4 is 4.74 Å². The topological polar surface area (TPSA) is 44.1 Å². The maximum absolute atomic E-state index is 12.3. The first-order chi connectivity index (χ1) is 8.65. The van der Waals surface area contributed by atoms with Crippen molar-refractivity contribution in [2.24, 2.45) is 0 Å². The molecular weight excluding hydrogens is 252 g/mol. The molecule has 0 atom stereocenters. The van der Waals surface area contributed by atoms with Crippen LogP contribution in [0.5, 0.6) is 5.75 Å². The molecule has 2 rings (SSSR count). The lowest BCUT2D eigenvalue weighted by atomic mass is 10.1. The molecule has 0 saturated carbocycles. The van der Waals surface area contributed by atoms with E-state index < -0.39 is 0 Å². The molecule has 1 heterocycles. The number of aryl methyl sites for hydroxylation is 1. The molecule has 0 radical (unpaired) electrons. The number of nitrogens with zero attached hydrogens (tertiary/aromatic N) is 2. The minimum absolute atomic E-state index is 0.122. The van der Waals surface area contributed by atoms with Crippen LogP contribution in [0.15, 0.2) is 30.6 Å². The Balaban J connectivity index is 2.39. The third kappa shape index (κ3) is 2.38. The molecule has 0 bridgehead atoms. The van der Waals surface area contributed by atoms with Crippen molar-refractivity contribution < 1.29 is 9.53 Å². The minimum Gasteiger partial charge on any atom is -0.496 e. The van der Waals surface area contributed by atoms with Gasteiger partial charge in [-0.2, -0.15) is 5.10 Å². The number of hydrogen-bond acceptors (Lipinski definition) is 3. The molecule has 0 aliphatic heterocycles. The average Bonchev–Trinajstić information content (AvgIpc) is 2.86. The third-order valence-corrected chi connectivity index (χ3v) is 2.86. The van der Waals surface area contributed by atoms with Gasteiger partial charge in [-0.3, -0.25) is 9.48 Å². The Kier molecular flexibility index (Phi) is 3.67. The largest absolute Gasteiger partial charge is 0.496 e. The summed E-state index contributed by atoms with van der Waals surface area (Å²) in [5.41, 5.74) is 1.02. The second-order valence-electron chi connectivity index (χ2n) is 3.76. The van der Waals surface area contributed by atoms with Crippen LogP contribution in [-0.4, -0.2) is 22.7 Å². The van der Waals surface area contributed by atoms with Crippen molar-refractivity contribution in [2.75, 3.05) is 7.11 Å². The fourth-order valence-corrected chi connectivity index (χ4v) is 1.82. The van der Waals surface area contributed by atoms with Crippen molar-refractivity contribution in [3.05, 3.63) is 46.7 Å². The second-order valence-corrected chi connectivity index (χ2v) is 4.19. The molecule has 0 saturated heterocycles. The lowest BCUT2D eigenvalue weighted by molar-refractivity contribution is 0.103. The van der Waals surface area contributed by atoms with Crippen LogP contribution in [0.25, 0.3) is 0 Å². The summed E-state index contributed by atoms with van der Waals surface area (Å²) >= 11 is 5.87. The number of rotatable bonds is 4. The summed E-state index contributed by atoms with van der Waals surface area (Å²) in [5.74, 6) is 0.347. The summed E-state index contributed by atoms with van der Waals surface area (Å²) < 4.78 is 6.87. The van der Waals surface area contributed by atoms with E-state index >= 15 is 0 Å². The zero-order valence-electron chi connectivity index (χ0n) is 10.2. The Morgan fingerprint density at radius 1 is 1.50 bits per heavy atom. The van der Waals surface area contributed by atoms with E-state index in [2.05, 4.69) is 5.10 Å². The summed E-state index contributed by atoms with van der Waals surface area (Å²) in [6.45, 7) is 2.69. The van der Waals surface area contributed by atoms with E-state index in [0.717, 1.165) is 6.54 Å². The van der Waals surface area contributed by atoms with Crippen LogP contribution in [0.3, 0.4) is 0 Å². The Morgan fingerprint density at radius 3 is 2.89 bits per heavy atom. The summed E-state index contributed by atoms with van der Waals surface area (Å²) in [6, 6.07) is 4.95. The first-order valence-electron chi connectivity index (χ1n) is 5.56. The fourth-order valence-electron chi connectivity index (χ4n) is 1.66. The maximum Gasteiger partial charge on any atom is 0.199 e. The molecular formula is C13H13ClN2O2. The molecule has 1 aromatic carbocycles. The van der Waals surface area contributed by atoms with Gasteiger partial charge in [0.25, 0.3) is 0 Å². The van der Waals surface area contributed by atoms with Crippen molar-refractivity contribution in [1.82, 2.24) is 9.78 Å². The molecule has 5 heteroatoms. The summed E-state index contributed by atoms with van der Waals surface area (Å²) in [5, 5.41) is 4.62. The van der Waals surface area contributed by atoms with Crippen molar-refractivity contribution in [2.45, 2.75) is 13.5 Å². The number of ether oxygens (including phenoxy) is 1. The highest BCUT2D eigenvalue weighted by atomic mass is 35.5.